The number of ether oxygens (including phenoxy) is 1. The van der Waals surface area contributed by atoms with Crippen LogP contribution in [0.2, 0.25) is 5.15 Å². The van der Waals surface area contributed by atoms with Crippen molar-refractivity contribution in [2.75, 3.05) is 18.1 Å². The maximum Gasteiger partial charge on any atom is 0.224 e. The van der Waals surface area contributed by atoms with Gasteiger partial charge in [-0.2, -0.15) is 15.1 Å². The number of aromatic nitrogens is 4. The van der Waals surface area contributed by atoms with Gasteiger partial charge in [-0.15, -0.1) is 0 Å². The van der Waals surface area contributed by atoms with Gasteiger partial charge in [0.2, 0.25) is 5.95 Å². The summed E-state index contributed by atoms with van der Waals surface area (Å²) in [6, 6.07) is 0. The van der Waals surface area contributed by atoms with E-state index >= 15 is 0 Å². The maximum absolute atomic E-state index is 10.0. The van der Waals surface area contributed by atoms with Crippen LogP contribution in [0.1, 0.15) is 6.23 Å². The zero-order valence-corrected chi connectivity index (χ0v) is 11.3. The minimum Gasteiger partial charge on any atom is -0.394 e. The largest absolute Gasteiger partial charge is 0.394 e. The topological polar surface area (TPSA) is 166 Å². The Morgan fingerprint density at radius 2 is 1.95 bits per heavy atom. The van der Waals surface area contributed by atoms with Gasteiger partial charge in [-0.05, 0) is 0 Å². The van der Waals surface area contributed by atoms with E-state index in [2.05, 4.69) is 15.1 Å². The van der Waals surface area contributed by atoms with Crippen LogP contribution in [0.5, 0.6) is 0 Å². The lowest BCUT2D eigenvalue weighted by atomic mass is 10.1. The zero-order chi connectivity index (χ0) is 15.3. The van der Waals surface area contributed by atoms with Crippen molar-refractivity contribution in [1.82, 2.24) is 19.7 Å². The Hall–Kier alpha value is -1.72. The SMILES string of the molecule is Nc1nc(N)c2c(Cl)nn([C@@H]3O[C@H](CO)[C@@H](O)[C@H]3O)c2n1. The molecule has 114 valence electrons. The maximum atomic E-state index is 10.0. The molecule has 0 radical (unpaired) electrons. The summed E-state index contributed by atoms with van der Waals surface area (Å²) in [7, 11) is 0. The fourth-order valence-electron chi connectivity index (χ4n) is 2.30. The first-order valence-electron chi connectivity index (χ1n) is 6.03. The summed E-state index contributed by atoms with van der Waals surface area (Å²) >= 11 is 5.99. The summed E-state index contributed by atoms with van der Waals surface area (Å²) in [6.45, 7) is -0.457. The second-order valence-corrected chi connectivity index (χ2v) is 4.99. The predicted octanol–water partition coefficient (Wildman–Crippen LogP) is -1.74. The van der Waals surface area contributed by atoms with Gasteiger partial charge in [0.05, 0.1) is 6.61 Å². The van der Waals surface area contributed by atoms with Gasteiger partial charge in [0.15, 0.2) is 17.0 Å². The molecule has 0 amide bonds. The predicted molar refractivity (Wildman–Crippen MR) is 72.2 cm³/mol. The number of nitrogens with zero attached hydrogens (tertiary/aromatic N) is 4. The number of nitrogens with two attached hydrogens (primary N) is 2. The van der Waals surface area contributed by atoms with Crippen LogP contribution in [0, 0.1) is 0 Å². The van der Waals surface area contributed by atoms with E-state index < -0.39 is 31.1 Å². The van der Waals surface area contributed by atoms with E-state index in [0.717, 1.165) is 4.68 Å². The third kappa shape index (κ3) is 2.08. The lowest BCUT2D eigenvalue weighted by Crippen LogP contribution is -2.33. The fourth-order valence-corrected chi connectivity index (χ4v) is 2.56. The number of rotatable bonds is 2. The summed E-state index contributed by atoms with van der Waals surface area (Å²) in [5, 5.41) is 33.2. The van der Waals surface area contributed by atoms with Crippen molar-refractivity contribution < 1.29 is 20.1 Å². The molecule has 3 heterocycles. The van der Waals surface area contributed by atoms with E-state index in [9.17, 15) is 10.2 Å². The smallest absolute Gasteiger partial charge is 0.224 e. The molecule has 1 aliphatic heterocycles. The second kappa shape index (κ2) is 4.93. The lowest BCUT2D eigenvalue weighted by Gasteiger charge is -2.15. The van der Waals surface area contributed by atoms with Gasteiger partial charge >= 0.3 is 0 Å². The Kier molecular flexibility index (Phi) is 3.34. The van der Waals surface area contributed by atoms with Crippen LogP contribution in [0.15, 0.2) is 0 Å². The van der Waals surface area contributed by atoms with Crippen molar-refractivity contribution in [3.8, 4) is 0 Å². The molecule has 3 rings (SSSR count). The van der Waals surface area contributed by atoms with Crippen molar-refractivity contribution >= 4 is 34.4 Å². The number of hydrogen-bond donors (Lipinski definition) is 5. The van der Waals surface area contributed by atoms with Crippen LogP contribution in [0.4, 0.5) is 11.8 Å². The average molecular weight is 317 g/mol. The summed E-state index contributed by atoms with van der Waals surface area (Å²) in [4.78, 5) is 7.76. The van der Waals surface area contributed by atoms with Gasteiger partial charge in [0, 0.05) is 0 Å². The number of aliphatic hydroxyl groups excluding tert-OH is 3. The summed E-state index contributed by atoms with van der Waals surface area (Å²) in [6.07, 6.45) is -4.62. The normalized spacial score (nSPS) is 29.3. The van der Waals surface area contributed by atoms with Crippen LogP contribution in [-0.2, 0) is 4.74 Å². The monoisotopic (exact) mass is 316 g/mol. The van der Waals surface area contributed by atoms with Gasteiger partial charge in [0.25, 0.3) is 0 Å². The van der Waals surface area contributed by atoms with Crippen molar-refractivity contribution in [2.24, 2.45) is 0 Å². The Morgan fingerprint density at radius 1 is 1.24 bits per heavy atom. The number of nitrogen functional groups attached to an aromatic ring is 2. The summed E-state index contributed by atoms with van der Waals surface area (Å²) in [5.74, 6) is -0.0509. The first-order valence-corrected chi connectivity index (χ1v) is 6.41. The Labute approximate surface area is 122 Å². The lowest BCUT2D eigenvalue weighted by molar-refractivity contribution is -0.0566. The summed E-state index contributed by atoms with van der Waals surface area (Å²) in [5.41, 5.74) is 11.4. The minimum absolute atomic E-state index is 0.0141. The molecular formula is C10H13ClN6O4. The molecular weight excluding hydrogens is 304 g/mol. The molecule has 7 N–H and O–H groups in total. The highest BCUT2D eigenvalue weighted by molar-refractivity contribution is 6.35. The van der Waals surface area contributed by atoms with E-state index in [1.54, 1.807) is 0 Å². The highest BCUT2D eigenvalue weighted by atomic mass is 35.5. The summed E-state index contributed by atoms with van der Waals surface area (Å²) < 4.78 is 6.53. The molecule has 0 bridgehead atoms. The molecule has 21 heavy (non-hydrogen) atoms. The Morgan fingerprint density at radius 3 is 2.57 bits per heavy atom. The molecule has 0 aliphatic carbocycles. The molecule has 0 spiro atoms. The first kappa shape index (κ1) is 14.2. The second-order valence-electron chi connectivity index (χ2n) is 4.63. The molecule has 2 aromatic heterocycles. The van der Waals surface area contributed by atoms with Gasteiger partial charge in [-0.3, -0.25) is 0 Å². The standard InChI is InChI=1S/C10H13ClN6O4/c11-6-3-7(12)14-10(13)15-8(3)17(16-6)9-5(20)4(19)2(1-18)21-9/h2,4-5,9,18-20H,1H2,(H4,12,13,14,15)/t2-,4-,5-,9-/m1/s1. The molecule has 1 fully saturated rings. The van der Waals surface area contributed by atoms with Crippen molar-refractivity contribution in [3.63, 3.8) is 0 Å². The van der Waals surface area contributed by atoms with Gasteiger partial charge in [0.1, 0.15) is 29.5 Å². The van der Waals surface area contributed by atoms with Crippen molar-refractivity contribution in [2.45, 2.75) is 24.5 Å². The van der Waals surface area contributed by atoms with E-state index in [-0.39, 0.29) is 28.0 Å². The number of anilines is 2. The highest BCUT2D eigenvalue weighted by Crippen LogP contribution is 2.34. The molecule has 2 aromatic rings. The molecule has 10 nitrogen and oxygen atoms in total. The van der Waals surface area contributed by atoms with Crippen LogP contribution >= 0.6 is 11.6 Å². The van der Waals surface area contributed by atoms with Crippen molar-refractivity contribution in [3.05, 3.63) is 5.15 Å². The highest BCUT2D eigenvalue weighted by Gasteiger charge is 2.44. The first-order chi connectivity index (χ1) is 9.93. The van der Waals surface area contributed by atoms with E-state index in [0.29, 0.717) is 0 Å². The fraction of sp³-hybridized carbons (Fsp3) is 0.500. The molecule has 1 saturated heterocycles. The van der Waals surface area contributed by atoms with E-state index in [4.69, 9.17) is 32.9 Å². The van der Waals surface area contributed by atoms with Crippen LogP contribution in [0.3, 0.4) is 0 Å². The molecule has 0 unspecified atom stereocenters. The number of fused-ring (bicyclic) bond motifs is 1. The van der Waals surface area contributed by atoms with E-state index in [1.807, 2.05) is 0 Å². The third-order valence-corrected chi connectivity index (χ3v) is 3.58. The number of halogens is 1. The number of hydrogen-bond acceptors (Lipinski definition) is 9. The van der Waals surface area contributed by atoms with Crippen LogP contribution in [0.25, 0.3) is 11.0 Å². The molecule has 11 heteroatoms. The van der Waals surface area contributed by atoms with E-state index in [1.165, 1.54) is 0 Å². The quantitative estimate of drug-likeness (QED) is 0.432. The van der Waals surface area contributed by atoms with Crippen LogP contribution < -0.4 is 11.5 Å². The minimum atomic E-state index is -1.32. The van der Waals surface area contributed by atoms with Crippen molar-refractivity contribution in [1.29, 1.82) is 0 Å². The molecule has 4 atom stereocenters. The molecule has 0 saturated carbocycles. The van der Waals surface area contributed by atoms with Crippen LogP contribution in [-0.4, -0.2) is 60.0 Å². The molecule has 1 aliphatic rings. The number of aliphatic hydroxyl groups is 3. The third-order valence-electron chi connectivity index (χ3n) is 3.31. The van der Waals surface area contributed by atoms with Gasteiger partial charge in [-0.1, -0.05) is 11.6 Å². The zero-order valence-electron chi connectivity index (χ0n) is 10.6. The Balaban J connectivity index is 2.13. The Bertz CT molecular complexity index is 694. The van der Waals surface area contributed by atoms with Gasteiger partial charge < -0.3 is 31.5 Å². The molecule has 0 aromatic carbocycles. The van der Waals surface area contributed by atoms with Gasteiger partial charge in [-0.25, -0.2) is 4.68 Å². The average Bonchev–Trinajstić information content (AvgIpc) is 2.89.